The van der Waals surface area contributed by atoms with Crippen molar-refractivity contribution >= 4 is 23.2 Å². The summed E-state index contributed by atoms with van der Waals surface area (Å²) in [7, 11) is 2.19. The van der Waals surface area contributed by atoms with E-state index in [0.29, 0.717) is 10.0 Å². The number of rotatable bonds is 6. The summed E-state index contributed by atoms with van der Waals surface area (Å²) in [6.07, 6.45) is 1.05. The highest BCUT2D eigenvalue weighted by Crippen LogP contribution is 2.31. The fourth-order valence-electron chi connectivity index (χ4n) is 2.79. The number of hydrogen-bond donors (Lipinski definition) is 1. The highest BCUT2D eigenvalue weighted by Gasteiger charge is 2.19. The molecule has 0 amide bonds. The van der Waals surface area contributed by atoms with Gasteiger partial charge in [0.2, 0.25) is 0 Å². The normalized spacial score (nSPS) is 18.9. The molecule has 1 heterocycles. The minimum atomic E-state index is 0.265. The summed E-state index contributed by atoms with van der Waals surface area (Å²) >= 11 is 12.5. The van der Waals surface area contributed by atoms with E-state index in [4.69, 9.17) is 23.2 Å². The van der Waals surface area contributed by atoms with E-state index in [-0.39, 0.29) is 6.04 Å². The van der Waals surface area contributed by atoms with Gasteiger partial charge >= 0.3 is 0 Å². The molecule has 21 heavy (non-hydrogen) atoms. The fourth-order valence-corrected chi connectivity index (χ4v) is 3.23. The van der Waals surface area contributed by atoms with Crippen LogP contribution in [0.15, 0.2) is 18.2 Å². The molecule has 1 aromatic carbocycles. The molecule has 1 aliphatic rings. The number of nitrogens with one attached hydrogen (secondary N) is 1. The van der Waals surface area contributed by atoms with Crippen LogP contribution in [0.5, 0.6) is 0 Å². The Morgan fingerprint density at radius 3 is 2.57 bits per heavy atom. The van der Waals surface area contributed by atoms with Crippen molar-refractivity contribution in [3.8, 4) is 0 Å². The average Bonchev–Trinajstić information content (AvgIpc) is 2.48. The van der Waals surface area contributed by atoms with Crippen molar-refractivity contribution < 1.29 is 0 Å². The largest absolute Gasteiger partial charge is 0.310 e. The molecule has 0 aromatic heterocycles. The van der Waals surface area contributed by atoms with Crippen LogP contribution in [0.2, 0.25) is 10.0 Å². The van der Waals surface area contributed by atoms with Crippen LogP contribution in [-0.4, -0.2) is 56.1 Å². The predicted octanol–water partition coefficient (Wildman–Crippen LogP) is 3.28. The number of likely N-dealkylation sites (N-methyl/N-ethyl adjacent to an activating group) is 1. The molecule has 2 rings (SSSR count). The van der Waals surface area contributed by atoms with Crippen LogP contribution in [0.25, 0.3) is 0 Å². The first kappa shape index (κ1) is 17.0. The molecule has 0 spiro atoms. The van der Waals surface area contributed by atoms with Crippen LogP contribution in [0, 0.1) is 0 Å². The highest BCUT2D eigenvalue weighted by molar-refractivity contribution is 6.42. The van der Waals surface area contributed by atoms with Gasteiger partial charge in [-0.05, 0) is 31.6 Å². The Hall–Kier alpha value is -0.320. The van der Waals surface area contributed by atoms with Gasteiger partial charge in [0, 0.05) is 38.8 Å². The van der Waals surface area contributed by atoms with Gasteiger partial charge in [0.25, 0.3) is 0 Å². The first-order valence-corrected chi connectivity index (χ1v) is 8.45. The third-order valence-electron chi connectivity index (χ3n) is 4.14. The lowest BCUT2D eigenvalue weighted by molar-refractivity contribution is 0.149. The molecule has 0 bridgehead atoms. The number of piperazine rings is 1. The quantitative estimate of drug-likeness (QED) is 0.864. The van der Waals surface area contributed by atoms with E-state index >= 15 is 0 Å². The molecule has 1 unspecified atom stereocenters. The van der Waals surface area contributed by atoms with Crippen molar-refractivity contribution in [1.29, 1.82) is 0 Å². The minimum absolute atomic E-state index is 0.265. The van der Waals surface area contributed by atoms with Gasteiger partial charge in [-0.3, -0.25) is 0 Å². The van der Waals surface area contributed by atoms with Crippen LogP contribution < -0.4 is 5.32 Å². The number of hydrogen-bond acceptors (Lipinski definition) is 3. The monoisotopic (exact) mass is 329 g/mol. The zero-order valence-electron chi connectivity index (χ0n) is 12.9. The van der Waals surface area contributed by atoms with Crippen LogP contribution in [-0.2, 0) is 0 Å². The summed E-state index contributed by atoms with van der Waals surface area (Å²) in [5.74, 6) is 0. The highest BCUT2D eigenvalue weighted by atomic mass is 35.5. The Morgan fingerprint density at radius 2 is 1.90 bits per heavy atom. The van der Waals surface area contributed by atoms with Crippen molar-refractivity contribution in [3.05, 3.63) is 33.8 Å². The first-order valence-electron chi connectivity index (χ1n) is 7.70. The molecule has 0 radical (unpaired) electrons. The fraction of sp³-hybridized carbons (Fsp3) is 0.625. The maximum atomic E-state index is 6.37. The lowest BCUT2D eigenvalue weighted by Gasteiger charge is -2.33. The molecule has 5 heteroatoms. The number of benzene rings is 1. The van der Waals surface area contributed by atoms with E-state index < -0.39 is 0 Å². The zero-order valence-corrected chi connectivity index (χ0v) is 14.4. The standard InChI is InChI=1S/C16H25Cl2N3/c1-3-19-15(13-5-4-6-14(17)16(13)18)7-8-21-11-9-20(2)10-12-21/h4-6,15,19H,3,7-12H2,1-2H3. The second kappa shape index (κ2) is 8.35. The second-order valence-corrected chi connectivity index (χ2v) is 6.47. The summed E-state index contributed by atoms with van der Waals surface area (Å²) in [6, 6.07) is 6.16. The lowest BCUT2D eigenvalue weighted by atomic mass is 10.0. The Kier molecular flexibility index (Phi) is 6.77. The molecule has 1 aliphatic heterocycles. The Labute approximate surface area is 138 Å². The molecule has 1 saturated heterocycles. The van der Waals surface area contributed by atoms with Crippen molar-refractivity contribution in [2.45, 2.75) is 19.4 Å². The third kappa shape index (κ3) is 4.83. The van der Waals surface area contributed by atoms with Gasteiger partial charge < -0.3 is 15.1 Å². The number of halogens is 2. The molecule has 1 fully saturated rings. The van der Waals surface area contributed by atoms with Crippen LogP contribution >= 0.6 is 23.2 Å². The van der Waals surface area contributed by atoms with Gasteiger partial charge in [-0.15, -0.1) is 0 Å². The Bertz CT molecular complexity index is 445. The molecular formula is C16H25Cl2N3. The van der Waals surface area contributed by atoms with Crippen molar-refractivity contribution in [1.82, 2.24) is 15.1 Å². The van der Waals surface area contributed by atoms with Crippen LogP contribution in [0.3, 0.4) is 0 Å². The van der Waals surface area contributed by atoms with E-state index in [1.54, 1.807) is 0 Å². The molecule has 1 aromatic rings. The van der Waals surface area contributed by atoms with Gasteiger partial charge in [-0.25, -0.2) is 0 Å². The maximum Gasteiger partial charge on any atom is 0.0640 e. The SMILES string of the molecule is CCNC(CCN1CCN(C)CC1)c1cccc(Cl)c1Cl. The van der Waals surface area contributed by atoms with E-state index in [0.717, 1.165) is 51.3 Å². The minimum Gasteiger partial charge on any atom is -0.310 e. The molecule has 0 aliphatic carbocycles. The molecule has 1 atom stereocenters. The summed E-state index contributed by atoms with van der Waals surface area (Å²) in [6.45, 7) is 8.76. The average molecular weight is 330 g/mol. The molecule has 118 valence electrons. The summed E-state index contributed by atoms with van der Waals surface area (Å²) in [5.41, 5.74) is 1.11. The Morgan fingerprint density at radius 1 is 1.19 bits per heavy atom. The van der Waals surface area contributed by atoms with Gasteiger partial charge in [0.15, 0.2) is 0 Å². The van der Waals surface area contributed by atoms with E-state index in [2.05, 4.69) is 35.2 Å². The molecular weight excluding hydrogens is 305 g/mol. The van der Waals surface area contributed by atoms with Crippen LogP contribution in [0.4, 0.5) is 0 Å². The summed E-state index contributed by atoms with van der Waals surface area (Å²) in [4.78, 5) is 4.91. The van der Waals surface area contributed by atoms with E-state index in [9.17, 15) is 0 Å². The van der Waals surface area contributed by atoms with E-state index in [1.165, 1.54) is 0 Å². The Balaban J connectivity index is 1.97. The second-order valence-electron chi connectivity index (χ2n) is 5.69. The van der Waals surface area contributed by atoms with Gasteiger partial charge in [-0.1, -0.05) is 42.3 Å². The maximum absolute atomic E-state index is 6.37. The predicted molar refractivity (Wildman–Crippen MR) is 91.4 cm³/mol. The topological polar surface area (TPSA) is 18.5 Å². The van der Waals surface area contributed by atoms with Crippen molar-refractivity contribution in [2.75, 3.05) is 46.3 Å². The van der Waals surface area contributed by atoms with Gasteiger partial charge in [-0.2, -0.15) is 0 Å². The van der Waals surface area contributed by atoms with Crippen molar-refractivity contribution in [3.63, 3.8) is 0 Å². The first-order chi connectivity index (χ1) is 10.1. The van der Waals surface area contributed by atoms with Gasteiger partial charge in [0.1, 0.15) is 0 Å². The smallest absolute Gasteiger partial charge is 0.0640 e. The third-order valence-corrected chi connectivity index (χ3v) is 4.97. The zero-order chi connectivity index (χ0) is 15.2. The lowest BCUT2D eigenvalue weighted by Crippen LogP contribution is -2.45. The van der Waals surface area contributed by atoms with Crippen LogP contribution in [0.1, 0.15) is 24.9 Å². The molecule has 3 nitrogen and oxygen atoms in total. The van der Waals surface area contributed by atoms with E-state index in [1.807, 2.05) is 12.1 Å². The summed E-state index contributed by atoms with van der Waals surface area (Å²) in [5, 5.41) is 4.85. The molecule has 0 saturated carbocycles. The number of nitrogens with zero attached hydrogens (tertiary/aromatic N) is 2. The summed E-state index contributed by atoms with van der Waals surface area (Å²) < 4.78 is 0. The van der Waals surface area contributed by atoms with Crippen molar-refractivity contribution in [2.24, 2.45) is 0 Å². The van der Waals surface area contributed by atoms with Gasteiger partial charge in [0.05, 0.1) is 10.0 Å². The molecule has 1 N–H and O–H groups in total.